The highest BCUT2D eigenvalue weighted by Gasteiger charge is 2.52. The number of fused-ring (bicyclic) bond motifs is 16. The molecule has 6 aromatic carbocycles. The van der Waals surface area contributed by atoms with Crippen molar-refractivity contribution in [3.63, 3.8) is 0 Å². The van der Waals surface area contributed by atoms with Crippen LogP contribution in [0.4, 0.5) is 0 Å². The number of benzene rings is 6. The number of nitrogens with one attached hydrogen (secondary N) is 1. The second-order valence-electron chi connectivity index (χ2n) is 11.3. The number of aromatic nitrogens is 1. The third-order valence-corrected chi connectivity index (χ3v) is 9.63. The number of hydrogen-bond donors (Lipinski definition) is 1. The first-order chi connectivity index (χ1) is 19.3. The van der Waals surface area contributed by atoms with Crippen LogP contribution in [-0.2, 0) is 11.8 Å². The number of aromatic amines is 1. The van der Waals surface area contributed by atoms with E-state index in [0.29, 0.717) is 0 Å². The molecular formula is C38H23N. The van der Waals surface area contributed by atoms with Gasteiger partial charge in [-0.2, -0.15) is 0 Å². The highest BCUT2D eigenvalue weighted by Crippen LogP contribution is 2.64. The predicted octanol–water partition coefficient (Wildman–Crippen LogP) is 9.24. The van der Waals surface area contributed by atoms with Crippen LogP contribution < -0.4 is 0 Å². The van der Waals surface area contributed by atoms with Gasteiger partial charge in [0, 0.05) is 21.8 Å². The first-order valence-corrected chi connectivity index (χ1v) is 13.8. The highest BCUT2D eigenvalue weighted by molar-refractivity contribution is 6.11. The lowest BCUT2D eigenvalue weighted by Crippen LogP contribution is -2.26. The average molecular weight is 494 g/mol. The molecule has 39 heavy (non-hydrogen) atoms. The molecule has 1 spiro atoms. The lowest BCUT2D eigenvalue weighted by molar-refractivity contribution is 0.793. The molecule has 1 unspecified atom stereocenters. The summed E-state index contributed by atoms with van der Waals surface area (Å²) < 4.78 is 0. The van der Waals surface area contributed by atoms with E-state index in [1.807, 2.05) is 0 Å². The van der Waals surface area contributed by atoms with Gasteiger partial charge in [0.25, 0.3) is 0 Å². The minimum Gasteiger partial charge on any atom is -0.355 e. The maximum absolute atomic E-state index is 3.74. The maximum Gasteiger partial charge on any atom is 0.0726 e. The maximum atomic E-state index is 3.74. The molecule has 1 N–H and O–H groups in total. The third kappa shape index (κ3) is 2.26. The van der Waals surface area contributed by atoms with E-state index in [2.05, 4.69) is 126 Å². The number of hydrogen-bond acceptors (Lipinski definition) is 0. The summed E-state index contributed by atoms with van der Waals surface area (Å²) in [6.45, 7) is 0. The molecular weight excluding hydrogens is 470 g/mol. The largest absolute Gasteiger partial charge is 0.355 e. The van der Waals surface area contributed by atoms with Crippen LogP contribution in [0.2, 0.25) is 0 Å². The molecule has 7 aromatic rings. The minimum absolute atomic E-state index is 0.326. The van der Waals surface area contributed by atoms with E-state index < -0.39 is 0 Å². The number of rotatable bonds is 0. The van der Waals surface area contributed by atoms with Gasteiger partial charge in [-0.3, -0.25) is 0 Å². The molecule has 0 bridgehead atoms. The smallest absolute Gasteiger partial charge is 0.0726 e. The van der Waals surface area contributed by atoms with Crippen molar-refractivity contribution in [3.05, 3.63) is 155 Å². The molecule has 3 aliphatic rings. The zero-order valence-electron chi connectivity index (χ0n) is 21.3. The van der Waals surface area contributed by atoms with Crippen LogP contribution in [0.1, 0.15) is 33.4 Å². The van der Waals surface area contributed by atoms with E-state index in [1.54, 1.807) is 0 Å². The summed E-state index contributed by atoms with van der Waals surface area (Å²) >= 11 is 0. The first-order valence-electron chi connectivity index (χ1n) is 13.8. The molecule has 10 rings (SSSR count). The normalized spacial score (nSPS) is 17.2. The van der Waals surface area contributed by atoms with Crippen molar-refractivity contribution in [2.75, 3.05) is 0 Å². The second kappa shape index (κ2) is 6.76. The molecule has 0 saturated heterocycles. The minimum atomic E-state index is -0.326. The van der Waals surface area contributed by atoms with Gasteiger partial charge in [-0.25, -0.2) is 0 Å². The van der Waals surface area contributed by atoms with Crippen LogP contribution in [0.15, 0.2) is 121 Å². The summed E-state index contributed by atoms with van der Waals surface area (Å²) in [7, 11) is 0. The van der Waals surface area contributed by atoms with Crippen LogP contribution in [0.25, 0.3) is 55.2 Å². The molecule has 1 heteroatoms. The Kier molecular flexibility index (Phi) is 3.49. The summed E-state index contributed by atoms with van der Waals surface area (Å²) in [5, 5.41) is 2.59. The fraction of sp³-hybridized carbons (Fsp3) is 0.0526. The van der Waals surface area contributed by atoms with E-state index >= 15 is 0 Å². The van der Waals surface area contributed by atoms with E-state index in [4.69, 9.17) is 0 Å². The lowest BCUT2D eigenvalue weighted by atomic mass is 9.70. The molecule has 0 amide bonds. The van der Waals surface area contributed by atoms with E-state index in [0.717, 1.165) is 6.42 Å². The Bertz CT molecular complexity index is 2210. The van der Waals surface area contributed by atoms with Crippen molar-refractivity contribution in [1.82, 2.24) is 4.98 Å². The first kappa shape index (κ1) is 20.1. The number of para-hydroxylation sites is 1. The van der Waals surface area contributed by atoms with Crippen LogP contribution in [0.5, 0.6) is 0 Å². The van der Waals surface area contributed by atoms with Gasteiger partial charge in [-0.05, 0) is 97.4 Å². The van der Waals surface area contributed by atoms with Crippen molar-refractivity contribution >= 4 is 21.8 Å². The molecule has 3 aliphatic carbocycles. The van der Waals surface area contributed by atoms with Crippen molar-refractivity contribution in [3.8, 4) is 33.4 Å². The topological polar surface area (TPSA) is 15.8 Å². The van der Waals surface area contributed by atoms with Gasteiger partial charge in [0.2, 0.25) is 0 Å². The molecule has 1 heterocycles. The van der Waals surface area contributed by atoms with Gasteiger partial charge in [-0.1, -0.05) is 97.1 Å². The van der Waals surface area contributed by atoms with Gasteiger partial charge in [0.05, 0.1) is 5.41 Å². The molecule has 1 atom stereocenters. The summed E-state index contributed by atoms with van der Waals surface area (Å²) in [5.74, 6) is 0. The Hall–Kier alpha value is -4.88. The fourth-order valence-corrected chi connectivity index (χ4v) is 8.11. The van der Waals surface area contributed by atoms with Gasteiger partial charge in [0.1, 0.15) is 0 Å². The van der Waals surface area contributed by atoms with Crippen LogP contribution in [0.3, 0.4) is 0 Å². The van der Waals surface area contributed by atoms with Crippen molar-refractivity contribution in [2.45, 2.75) is 11.8 Å². The van der Waals surface area contributed by atoms with E-state index in [9.17, 15) is 0 Å². The third-order valence-electron chi connectivity index (χ3n) is 9.63. The molecule has 0 aliphatic heterocycles. The Balaban J connectivity index is 1.37. The standard InChI is InChI=1S/C38H23N/c1-2-10-24-22(9-1)17-23-18-34-29(19-28(23)24)25-11-3-6-14-32(25)38(34)33-15-7-4-12-26(33)30-20-31-27-13-5-8-16-36(27)39-37(31)21-35(30)38/h1-16,18-21,39H,17H2. The molecule has 1 aromatic heterocycles. The molecule has 0 fully saturated rings. The van der Waals surface area contributed by atoms with Crippen LogP contribution in [-0.4, -0.2) is 4.98 Å². The van der Waals surface area contributed by atoms with Gasteiger partial charge >= 0.3 is 0 Å². The fourth-order valence-electron chi connectivity index (χ4n) is 8.11. The summed E-state index contributed by atoms with van der Waals surface area (Å²) in [4.78, 5) is 3.74. The average Bonchev–Trinajstić information content (AvgIpc) is 3.69. The molecule has 1 nitrogen and oxygen atoms in total. The molecule has 180 valence electrons. The summed E-state index contributed by atoms with van der Waals surface area (Å²) in [6.07, 6.45) is 1.00. The SMILES string of the molecule is c1ccc2c(c1)Cc1cc3c(cc1-2)-c1ccccc1C31c2ccccc2-c2cc3c(cc21)[nH]c1ccccc13. The quantitative estimate of drug-likeness (QED) is 0.217. The second-order valence-corrected chi connectivity index (χ2v) is 11.3. The van der Waals surface area contributed by atoms with Crippen LogP contribution >= 0.6 is 0 Å². The van der Waals surface area contributed by atoms with E-state index in [1.165, 1.54) is 88.6 Å². The summed E-state index contributed by atoms with van der Waals surface area (Å²) in [5.41, 5.74) is 18.8. The lowest BCUT2D eigenvalue weighted by Gasteiger charge is -2.30. The summed E-state index contributed by atoms with van der Waals surface area (Å²) in [6, 6.07) is 45.8. The highest BCUT2D eigenvalue weighted by atomic mass is 14.7. The Morgan fingerprint density at radius 1 is 0.410 bits per heavy atom. The van der Waals surface area contributed by atoms with Gasteiger partial charge in [0.15, 0.2) is 0 Å². The monoisotopic (exact) mass is 493 g/mol. The van der Waals surface area contributed by atoms with E-state index in [-0.39, 0.29) is 5.41 Å². The van der Waals surface area contributed by atoms with Gasteiger partial charge in [-0.15, -0.1) is 0 Å². The number of H-pyrrole nitrogens is 1. The van der Waals surface area contributed by atoms with Crippen LogP contribution in [0, 0.1) is 0 Å². The Morgan fingerprint density at radius 3 is 1.87 bits per heavy atom. The van der Waals surface area contributed by atoms with Crippen molar-refractivity contribution in [2.24, 2.45) is 0 Å². The van der Waals surface area contributed by atoms with Crippen molar-refractivity contribution in [1.29, 1.82) is 0 Å². The molecule has 0 saturated carbocycles. The zero-order chi connectivity index (χ0) is 25.3. The Morgan fingerprint density at radius 2 is 1.05 bits per heavy atom. The zero-order valence-corrected chi connectivity index (χ0v) is 21.3. The Labute approximate surface area is 226 Å². The molecule has 0 radical (unpaired) electrons. The van der Waals surface area contributed by atoms with Crippen molar-refractivity contribution < 1.29 is 0 Å². The van der Waals surface area contributed by atoms with Gasteiger partial charge < -0.3 is 4.98 Å². The predicted molar refractivity (Wildman–Crippen MR) is 160 cm³/mol.